The number of oxazole rings is 1. The molecular weight excluding hydrogens is 364 g/mol. The van der Waals surface area contributed by atoms with Crippen LogP contribution in [0.4, 0.5) is 20.5 Å². The first-order valence-electron chi connectivity index (χ1n) is 9.43. The van der Waals surface area contributed by atoms with Crippen molar-refractivity contribution in [1.82, 2.24) is 4.98 Å². The zero-order valence-corrected chi connectivity index (χ0v) is 15.6. The van der Waals surface area contributed by atoms with E-state index in [4.69, 9.17) is 4.42 Å². The summed E-state index contributed by atoms with van der Waals surface area (Å²) in [5, 5.41) is 0. The van der Waals surface area contributed by atoms with Crippen molar-refractivity contribution >= 4 is 28.7 Å². The molecule has 3 aromatic rings. The maximum Gasteiger partial charge on any atom is 0.298 e. The number of nitrogens with zero attached hydrogens (tertiary/aromatic N) is 3. The van der Waals surface area contributed by atoms with E-state index < -0.39 is 11.6 Å². The lowest BCUT2D eigenvalue weighted by molar-refractivity contribution is -0.122. The molecule has 1 aliphatic heterocycles. The predicted molar refractivity (Wildman–Crippen MR) is 103 cm³/mol. The molecule has 0 saturated carbocycles. The van der Waals surface area contributed by atoms with Crippen molar-refractivity contribution in [3.05, 3.63) is 54.1 Å². The molecule has 2 aromatic carbocycles. The summed E-state index contributed by atoms with van der Waals surface area (Å²) in [5.41, 5.74) is 1.94. The molecule has 1 fully saturated rings. The largest absolute Gasteiger partial charge is 0.423 e. The van der Waals surface area contributed by atoms with Crippen LogP contribution in [0, 0.1) is 17.6 Å². The highest BCUT2D eigenvalue weighted by molar-refractivity contribution is 5.95. The van der Waals surface area contributed by atoms with Crippen molar-refractivity contribution in [3.63, 3.8) is 0 Å². The first-order valence-corrected chi connectivity index (χ1v) is 9.43. The molecule has 146 valence electrons. The van der Waals surface area contributed by atoms with Crippen LogP contribution >= 0.6 is 0 Å². The van der Waals surface area contributed by atoms with Gasteiger partial charge in [-0.3, -0.25) is 4.79 Å². The zero-order valence-electron chi connectivity index (χ0n) is 15.6. The van der Waals surface area contributed by atoms with Crippen LogP contribution in [-0.4, -0.2) is 30.5 Å². The molecule has 4 rings (SSSR count). The first-order chi connectivity index (χ1) is 13.6. The number of halogens is 2. The lowest BCUT2D eigenvalue weighted by Gasteiger charge is -2.33. The minimum atomic E-state index is -0.950. The SMILES string of the molecule is CCN(C(=O)C1CCN(c2nc3ccccc3o2)CC1)c1ccc(F)c(F)c1. The Morgan fingerprint density at radius 1 is 1.18 bits per heavy atom. The minimum absolute atomic E-state index is 0.0641. The molecular formula is C21H21F2N3O2. The van der Waals surface area contributed by atoms with Crippen LogP contribution in [0.15, 0.2) is 46.9 Å². The van der Waals surface area contributed by atoms with Gasteiger partial charge in [0.05, 0.1) is 0 Å². The maximum atomic E-state index is 13.6. The van der Waals surface area contributed by atoms with Gasteiger partial charge in [0, 0.05) is 37.3 Å². The van der Waals surface area contributed by atoms with E-state index in [2.05, 4.69) is 4.98 Å². The summed E-state index contributed by atoms with van der Waals surface area (Å²) in [6.45, 7) is 3.53. The normalized spacial score (nSPS) is 15.2. The summed E-state index contributed by atoms with van der Waals surface area (Å²) in [7, 11) is 0. The molecule has 1 aliphatic rings. The third-order valence-electron chi connectivity index (χ3n) is 5.19. The van der Waals surface area contributed by atoms with E-state index in [1.54, 1.807) is 0 Å². The Labute approximate surface area is 161 Å². The Morgan fingerprint density at radius 2 is 1.93 bits per heavy atom. The lowest BCUT2D eigenvalue weighted by atomic mass is 9.95. The number of carbonyl (C=O) groups excluding carboxylic acids is 1. The number of carbonyl (C=O) groups is 1. The maximum absolute atomic E-state index is 13.6. The van der Waals surface area contributed by atoms with Gasteiger partial charge >= 0.3 is 0 Å². The molecule has 28 heavy (non-hydrogen) atoms. The molecule has 1 aromatic heterocycles. The molecule has 1 saturated heterocycles. The van der Waals surface area contributed by atoms with Crippen molar-refractivity contribution in [2.75, 3.05) is 29.4 Å². The molecule has 0 N–H and O–H groups in total. The number of para-hydroxylation sites is 2. The fourth-order valence-corrected chi connectivity index (χ4v) is 3.65. The lowest BCUT2D eigenvalue weighted by Crippen LogP contribution is -2.43. The predicted octanol–water partition coefficient (Wildman–Crippen LogP) is 4.38. The van der Waals surface area contributed by atoms with Gasteiger partial charge in [-0.2, -0.15) is 4.98 Å². The van der Waals surface area contributed by atoms with Crippen molar-refractivity contribution in [2.24, 2.45) is 5.92 Å². The number of fused-ring (bicyclic) bond motifs is 1. The number of rotatable bonds is 4. The average Bonchev–Trinajstić information content (AvgIpc) is 3.15. The van der Waals surface area contributed by atoms with E-state index in [9.17, 15) is 13.6 Å². The standard InChI is InChI=1S/C21H21F2N3O2/c1-2-26(15-7-8-16(22)17(23)13-15)20(27)14-9-11-25(12-10-14)21-24-18-5-3-4-6-19(18)28-21/h3-8,13-14H,2,9-12H2,1H3. The molecule has 0 radical (unpaired) electrons. The number of anilines is 2. The van der Waals surface area contributed by atoms with Crippen LogP contribution < -0.4 is 9.80 Å². The highest BCUT2D eigenvalue weighted by atomic mass is 19.2. The van der Waals surface area contributed by atoms with Gasteiger partial charge in [0.25, 0.3) is 6.01 Å². The fourth-order valence-electron chi connectivity index (χ4n) is 3.65. The summed E-state index contributed by atoms with van der Waals surface area (Å²) in [6, 6.07) is 11.7. The summed E-state index contributed by atoms with van der Waals surface area (Å²) in [4.78, 5) is 21.0. The molecule has 7 heteroatoms. The van der Waals surface area contributed by atoms with Gasteiger partial charge < -0.3 is 14.2 Å². The Kier molecular flexibility index (Phi) is 4.98. The Morgan fingerprint density at radius 3 is 2.61 bits per heavy atom. The highest BCUT2D eigenvalue weighted by Gasteiger charge is 2.30. The monoisotopic (exact) mass is 385 g/mol. The third kappa shape index (κ3) is 3.44. The van der Waals surface area contributed by atoms with Crippen molar-refractivity contribution in [2.45, 2.75) is 19.8 Å². The number of hydrogen-bond donors (Lipinski definition) is 0. The topological polar surface area (TPSA) is 49.6 Å². The van der Waals surface area contributed by atoms with Crippen LogP contribution in [0.3, 0.4) is 0 Å². The first kappa shape index (κ1) is 18.4. The van der Waals surface area contributed by atoms with E-state index in [0.717, 1.165) is 23.2 Å². The quantitative estimate of drug-likeness (QED) is 0.669. The van der Waals surface area contributed by atoms with E-state index in [-0.39, 0.29) is 11.8 Å². The third-order valence-corrected chi connectivity index (χ3v) is 5.19. The van der Waals surface area contributed by atoms with Crippen LogP contribution in [0.25, 0.3) is 11.1 Å². The van der Waals surface area contributed by atoms with Crippen molar-refractivity contribution in [3.8, 4) is 0 Å². The Hall–Kier alpha value is -2.96. The molecule has 0 aliphatic carbocycles. The van der Waals surface area contributed by atoms with Crippen LogP contribution in [0.2, 0.25) is 0 Å². The molecule has 1 amide bonds. The number of hydrogen-bond acceptors (Lipinski definition) is 4. The average molecular weight is 385 g/mol. The van der Waals surface area contributed by atoms with E-state index in [0.29, 0.717) is 44.2 Å². The van der Waals surface area contributed by atoms with Gasteiger partial charge in [-0.15, -0.1) is 0 Å². The number of benzene rings is 2. The van der Waals surface area contributed by atoms with Gasteiger partial charge in [-0.25, -0.2) is 8.78 Å². The van der Waals surface area contributed by atoms with Gasteiger partial charge in [0.2, 0.25) is 5.91 Å². The summed E-state index contributed by atoms with van der Waals surface area (Å²) in [5.74, 6) is -2.10. The Balaban J connectivity index is 1.44. The van der Waals surface area contributed by atoms with Crippen molar-refractivity contribution < 1.29 is 18.0 Å². The van der Waals surface area contributed by atoms with E-state index in [1.165, 1.54) is 11.0 Å². The van der Waals surface area contributed by atoms with E-state index in [1.807, 2.05) is 36.1 Å². The zero-order chi connectivity index (χ0) is 19.7. The molecule has 0 spiro atoms. The van der Waals surface area contributed by atoms with Gasteiger partial charge in [-0.05, 0) is 44.0 Å². The second-order valence-electron chi connectivity index (χ2n) is 6.91. The number of amides is 1. The van der Waals surface area contributed by atoms with Crippen LogP contribution in [-0.2, 0) is 4.79 Å². The van der Waals surface area contributed by atoms with Crippen molar-refractivity contribution in [1.29, 1.82) is 0 Å². The molecule has 2 heterocycles. The highest BCUT2D eigenvalue weighted by Crippen LogP contribution is 2.28. The van der Waals surface area contributed by atoms with Crippen LogP contribution in [0.1, 0.15) is 19.8 Å². The molecule has 0 atom stereocenters. The van der Waals surface area contributed by atoms with Gasteiger partial charge in [0.15, 0.2) is 17.2 Å². The fraction of sp³-hybridized carbons (Fsp3) is 0.333. The second kappa shape index (κ2) is 7.58. The second-order valence-corrected chi connectivity index (χ2v) is 6.91. The van der Waals surface area contributed by atoms with Crippen LogP contribution in [0.5, 0.6) is 0 Å². The van der Waals surface area contributed by atoms with Gasteiger partial charge in [-0.1, -0.05) is 12.1 Å². The number of piperidine rings is 1. The summed E-state index contributed by atoms with van der Waals surface area (Å²) in [6.07, 6.45) is 1.30. The summed E-state index contributed by atoms with van der Waals surface area (Å²) >= 11 is 0. The smallest absolute Gasteiger partial charge is 0.298 e. The molecule has 0 bridgehead atoms. The number of aromatic nitrogens is 1. The Bertz CT molecular complexity index is 963. The van der Waals surface area contributed by atoms with E-state index >= 15 is 0 Å². The molecule has 0 unspecified atom stereocenters. The summed E-state index contributed by atoms with van der Waals surface area (Å²) < 4.78 is 32.6. The van der Waals surface area contributed by atoms with Gasteiger partial charge in [0.1, 0.15) is 5.52 Å². The molecule has 5 nitrogen and oxygen atoms in total. The minimum Gasteiger partial charge on any atom is -0.423 e.